The summed E-state index contributed by atoms with van der Waals surface area (Å²) in [7, 11) is 0. The lowest BCUT2D eigenvalue weighted by molar-refractivity contribution is 0.202. The van der Waals surface area contributed by atoms with Crippen LogP contribution >= 0.6 is 0 Å². The minimum absolute atomic E-state index is 0.226. The van der Waals surface area contributed by atoms with Crippen molar-refractivity contribution in [1.82, 2.24) is 4.90 Å². The zero-order valence-electron chi connectivity index (χ0n) is 7.30. The van der Waals surface area contributed by atoms with Crippen molar-refractivity contribution in [2.45, 2.75) is 20.3 Å². The van der Waals surface area contributed by atoms with Gasteiger partial charge in [0.05, 0.1) is 0 Å². The van der Waals surface area contributed by atoms with Crippen LogP contribution in [0.4, 0.5) is 0 Å². The molecule has 0 aromatic carbocycles. The molecule has 3 N–H and O–H groups in total. The first-order chi connectivity index (χ1) is 5.11. The molecule has 64 valence electrons. The van der Waals surface area contributed by atoms with Gasteiger partial charge < -0.3 is 10.6 Å². The predicted molar refractivity (Wildman–Crippen MR) is 46.4 cm³/mol. The molecule has 1 aliphatic heterocycles. The van der Waals surface area contributed by atoms with E-state index in [1.807, 2.05) is 4.90 Å². The Kier molecular flexibility index (Phi) is 2.37. The Bertz CT molecular complexity index is 155. The summed E-state index contributed by atoms with van der Waals surface area (Å²) in [5.74, 6) is 1.68. The molecule has 1 heterocycles. The van der Waals surface area contributed by atoms with Gasteiger partial charge in [-0.25, -0.2) is 0 Å². The zero-order valence-corrected chi connectivity index (χ0v) is 7.30. The molecule has 0 saturated carbocycles. The molecule has 0 amide bonds. The Labute approximate surface area is 68.1 Å². The van der Waals surface area contributed by atoms with E-state index in [1.54, 1.807) is 0 Å². The molecule has 3 nitrogen and oxygen atoms in total. The van der Waals surface area contributed by atoms with E-state index < -0.39 is 0 Å². The van der Waals surface area contributed by atoms with E-state index in [0.29, 0.717) is 5.92 Å². The van der Waals surface area contributed by atoms with Gasteiger partial charge in [-0.3, -0.25) is 5.41 Å². The third-order valence-corrected chi connectivity index (χ3v) is 2.67. The number of nitrogens with two attached hydrogens (primary N) is 1. The summed E-state index contributed by atoms with van der Waals surface area (Å²) >= 11 is 0. The molecular weight excluding hydrogens is 138 g/mol. The number of nitrogens with zero attached hydrogens (tertiary/aromatic N) is 1. The van der Waals surface area contributed by atoms with Gasteiger partial charge in [0.2, 0.25) is 0 Å². The average Bonchev–Trinajstić information content (AvgIpc) is 1.94. The van der Waals surface area contributed by atoms with Crippen molar-refractivity contribution in [3.63, 3.8) is 0 Å². The zero-order chi connectivity index (χ0) is 8.43. The molecule has 0 aliphatic carbocycles. The van der Waals surface area contributed by atoms with Crippen molar-refractivity contribution in [2.24, 2.45) is 17.6 Å². The van der Waals surface area contributed by atoms with Crippen LogP contribution in [0, 0.1) is 17.2 Å². The van der Waals surface area contributed by atoms with Gasteiger partial charge in [0.15, 0.2) is 5.96 Å². The Morgan fingerprint density at radius 3 is 2.55 bits per heavy atom. The molecule has 2 atom stereocenters. The fourth-order valence-corrected chi connectivity index (χ4v) is 1.48. The molecule has 0 aromatic rings. The largest absolute Gasteiger partial charge is 0.370 e. The van der Waals surface area contributed by atoms with Crippen molar-refractivity contribution in [3.8, 4) is 0 Å². The molecule has 11 heavy (non-hydrogen) atoms. The van der Waals surface area contributed by atoms with Gasteiger partial charge in [-0.1, -0.05) is 13.8 Å². The van der Waals surface area contributed by atoms with Crippen LogP contribution in [0.5, 0.6) is 0 Å². The lowest BCUT2D eigenvalue weighted by Crippen LogP contribution is -2.45. The Balaban J connectivity index is 2.46. The van der Waals surface area contributed by atoms with Crippen molar-refractivity contribution in [2.75, 3.05) is 13.1 Å². The molecule has 2 unspecified atom stereocenters. The lowest BCUT2D eigenvalue weighted by Gasteiger charge is -2.35. The Morgan fingerprint density at radius 2 is 2.09 bits per heavy atom. The van der Waals surface area contributed by atoms with Crippen molar-refractivity contribution < 1.29 is 0 Å². The molecular formula is C8H17N3. The molecule has 0 radical (unpaired) electrons. The average molecular weight is 155 g/mol. The number of hydrogen-bond acceptors (Lipinski definition) is 1. The number of piperidine rings is 1. The predicted octanol–water partition coefficient (Wildman–Crippen LogP) is 0.858. The van der Waals surface area contributed by atoms with Crippen molar-refractivity contribution in [3.05, 3.63) is 0 Å². The fraction of sp³-hybridized carbons (Fsp3) is 0.875. The molecule has 0 aromatic heterocycles. The first-order valence-corrected chi connectivity index (χ1v) is 4.20. The van der Waals surface area contributed by atoms with Gasteiger partial charge in [0.25, 0.3) is 0 Å². The van der Waals surface area contributed by atoms with Gasteiger partial charge >= 0.3 is 0 Å². The normalized spacial score (nSPS) is 32.0. The first kappa shape index (κ1) is 8.37. The van der Waals surface area contributed by atoms with Crippen molar-refractivity contribution >= 4 is 5.96 Å². The summed E-state index contributed by atoms with van der Waals surface area (Å²) in [6.45, 7) is 6.40. The first-order valence-electron chi connectivity index (χ1n) is 4.20. The highest BCUT2D eigenvalue weighted by Crippen LogP contribution is 2.21. The third-order valence-electron chi connectivity index (χ3n) is 2.67. The maximum Gasteiger partial charge on any atom is 0.188 e. The fourth-order valence-electron chi connectivity index (χ4n) is 1.48. The summed E-state index contributed by atoms with van der Waals surface area (Å²) < 4.78 is 0. The van der Waals surface area contributed by atoms with Crippen LogP contribution < -0.4 is 5.73 Å². The number of likely N-dealkylation sites (tertiary alicyclic amines) is 1. The topological polar surface area (TPSA) is 53.1 Å². The molecule has 1 fully saturated rings. The van der Waals surface area contributed by atoms with Gasteiger partial charge in [-0.15, -0.1) is 0 Å². The van der Waals surface area contributed by atoms with E-state index in [-0.39, 0.29) is 5.96 Å². The number of hydrogen-bond donors (Lipinski definition) is 2. The van der Waals surface area contributed by atoms with E-state index in [1.165, 1.54) is 6.42 Å². The molecule has 3 heteroatoms. The lowest BCUT2D eigenvalue weighted by atomic mass is 9.89. The molecule has 1 rings (SSSR count). The van der Waals surface area contributed by atoms with Crippen molar-refractivity contribution in [1.29, 1.82) is 5.41 Å². The van der Waals surface area contributed by atoms with E-state index in [9.17, 15) is 0 Å². The Hall–Kier alpha value is -0.730. The van der Waals surface area contributed by atoms with Crippen LogP contribution in [0.2, 0.25) is 0 Å². The van der Waals surface area contributed by atoms with Crippen LogP contribution in [-0.2, 0) is 0 Å². The second-order valence-electron chi connectivity index (χ2n) is 3.57. The van der Waals surface area contributed by atoms with E-state index >= 15 is 0 Å². The quantitative estimate of drug-likeness (QED) is 0.402. The summed E-state index contributed by atoms with van der Waals surface area (Å²) in [5, 5.41) is 7.25. The highest BCUT2D eigenvalue weighted by Gasteiger charge is 2.22. The number of guanidine groups is 1. The molecule has 1 saturated heterocycles. The molecule has 1 aliphatic rings. The maximum absolute atomic E-state index is 7.25. The highest BCUT2D eigenvalue weighted by molar-refractivity contribution is 5.74. The standard InChI is InChI=1S/C8H17N3/c1-6-3-4-11(8(9)10)5-7(6)2/h6-7H,3-5H2,1-2H3,(H3,9,10). The highest BCUT2D eigenvalue weighted by atomic mass is 15.2. The summed E-state index contributed by atoms with van der Waals surface area (Å²) in [6, 6.07) is 0. The SMILES string of the molecule is CC1CCN(C(=N)N)CC1C. The smallest absolute Gasteiger partial charge is 0.188 e. The van der Waals surface area contributed by atoms with E-state index in [0.717, 1.165) is 19.0 Å². The van der Waals surface area contributed by atoms with E-state index in [4.69, 9.17) is 11.1 Å². The minimum Gasteiger partial charge on any atom is -0.370 e. The molecule has 0 bridgehead atoms. The maximum atomic E-state index is 7.25. The van der Waals surface area contributed by atoms with Crippen LogP contribution in [0.1, 0.15) is 20.3 Å². The third kappa shape index (κ3) is 1.85. The second kappa shape index (κ2) is 3.11. The number of rotatable bonds is 0. The van der Waals surface area contributed by atoms with Gasteiger partial charge in [0.1, 0.15) is 0 Å². The second-order valence-corrected chi connectivity index (χ2v) is 3.57. The van der Waals surface area contributed by atoms with E-state index in [2.05, 4.69) is 13.8 Å². The van der Waals surface area contributed by atoms with Gasteiger partial charge in [-0.2, -0.15) is 0 Å². The summed E-state index contributed by atoms with van der Waals surface area (Å²) in [6.07, 6.45) is 1.17. The van der Waals surface area contributed by atoms with Crippen LogP contribution in [0.3, 0.4) is 0 Å². The monoisotopic (exact) mass is 155 g/mol. The summed E-state index contributed by atoms with van der Waals surface area (Å²) in [5.41, 5.74) is 5.38. The van der Waals surface area contributed by atoms with Gasteiger partial charge in [-0.05, 0) is 18.3 Å². The molecule has 0 spiro atoms. The minimum atomic E-state index is 0.226. The van der Waals surface area contributed by atoms with Crippen LogP contribution in [0.15, 0.2) is 0 Å². The van der Waals surface area contributed by atoms with Gasteiger partial charge in [0, 0.05) is 13.1 Å². The summed E-state index contributed by atoms with van der Waals surface area (Å²) in [4.78, 5) is 1.95. The van der Waals surface area contributed by atoms with Crippen LogP contribution in [0.25, 0.3) is 0 Å². The number of nitrogens with one attached hydrogen (secondary N) is 1. The Morgan fingerprint density at radius 1 is 1.45 bits per heavy atom. The van der Waals surface area contributed by atoms with Crippen LogP contribution in [-0.4, -0.2) is 23.9 Å².